The second-order valence-electron chi connectivity index (χ2n) is 4.64. The molecule has 1 N–H and O–H groups in total. The second-order valence-corrected chi connectivity index (χ2v) is 4.64. The van der Waals surface area contributed by atoms with Gasteiger partial charge in [-0.1, -0.05) is 20.8 Å². The van der Waals surface area contributed by atoms with E-state index in [4.69, 9.17) is 0 Å². The minimum Gasteiger partial charge on any atom is -0.469 e. The van der Waals surface area contributed by atoms with Crippen molar-refractivity contribution < 1.29 is 14.6 Å². The summed E-state index contributed by atoms with van der Waals surface area (Å²) in [7, 11) is 1.33. The van der Waals surface area contributed by atoms with Crippen molar-refractivity contribution >= 4 is 5.97 Å². The van der Waals surface area contributed by atoms with Crippen molar-refractivity contribution in [3.63, 3.8) is 0 Å². The predicted octanol–water partition coefficient (Wildman–Crippen LogP) is 1.59. The molecule has 0 aromatic rings. The average molecular weight is 188 g/mol. The zero-order chi connectivity index (χ0) is 10.9. The Labute approximate surface area is 80.1 Å². The number of rotatable bonds is 2. The van der Waals surface area contributed by atoms with E-state index in [1.807, 2.05) is 20.8 Å². The molecule has 13 heavy (non-hydrogen) atoms. The third kappa shape index (κ3) is 2.44. The number of hydrogen-bond donors (Lipinski definition) is 1. The Morgan fingerprint density at radius 3 is 1.92 bits per heavy atom. The van der Waals surface area contributed by atoms with Crippen LogP contribution >= 0.6 is 0 Å². The topological polar surface area (TPSA) is 46.5 Å². The molecule has 0 amide bonds. The first-order valence-corrected chi connectivity index (χ1v) is 4.44. The molecule has 0 aliphatic rings. The Kier molecular flexibility index (Phi) is 3.50. The highest BCUT2D eigenvalue weighted by molar-refractivity contribution is 5.73. The van der Waals surface area contributed by atoms with E-state index >= 15 is 0 Å². The molecule has 78 valence electrons. The van der Waals surface area contributed by atoms with Gasteiger partial charge in [-0.2, -0.15) is 0 Å². The Morgan fingerprint density at radius 2 is 1.69 bits per heavy atom. The van der Waals surface area contributed by atoms with Gasteiger partial charge in [-0.25, -0.2) is 0 Å². The summed E-state index contributed by atoms with van der Waals surface area (Å²) in [5.74, 6) is -0.891. The van der Waals surface area contributed by atoms with Crippen LogP contribution in [0.2, 0.25) is 0 Å². The fourth-order valence-corrected chi connectivity index (χ4v) is 1.06. The largest absolute Gasteiger partial charge is 0.469 e. The summed E-state index contributed by atoms with van der Waals surface area (Å²) in [6.07, 6.45) is 0. The van der Waals surface area contributed by atoms with Gasteiger partial charge in [0.25, 0.3) is 0 Å². The molecule has 3 heteroatoms. The molecule has 0 saturated heterocycles. The summed E-state index contributed by atoms with van der Waals surface area (Å²) in [6.45, 7) is 9.02. The molecule has 0 heterocycles. The lowest BCUT2D eigenvalue weighted by Gasteiger charge is -2.40. The summed E-state index contributed by atoms with van der Waals surface area (Å²) in [5.41, 5.74) is -1.40. The molecule has 0 fully saturated rings. The van der Waals surface area contributed by atoms with E-state index in [1.165, 1.54) is 7.11 Å². The van der Waals surface area contributed by atoms with Gasteiger partial charge in [-0.15, -0.1) is 0 Å². The highest BCUT2D eigenvalue weighted by Gasteiger charge is 2.44. The molecule has 2 atom stereocenters. The lowest BCUT2D eigenvalue weighted by Crippen LogP contribution is -2.48. The fraction of sp³-hybridized carbons (Fsp3) is 0.900. The lowest BCUT2D eigenvalue weighted by molar-refractivity contribution is -0.162. The van der Waals surface area contributed by atoms with Gasteiger partial charge in [0.2, 0.25) is 0 Å². The number of carbonyl (C=O) groups excluding carboxylic acids is 1. The van der Waals surface area contributed by atoms with E-state index in [0.717, 1.165) is 0 Å². The molecule has 0 unspecified atom stereocenters. The maximum atomic E-state index is 11.2. The third-order valence-corrected chi connectivity index (χ3v) is 2.92. The van der Waals surface area contributed by atoms with Crippen molar-refractivity contribution in [2.75, 3.05) is 7.11 Å². The fourth-order valence-electron chi connectivity index (χ4n) is 1.06. The first-order valence-electron chi connectivity index (χ1n) is 4.44. The van der Waals surface area contributed by atoms with Gasteiger partial charge in [-0.05, 0) is 19.3 Å². The van der Waals surface area contributed by atoms with Crippen LogP contribution < -0.4 is 0 Å². The number of esters is 1. The van der Waals surface area contributed by atoms with Crippen molar-refractivity contribution in [2.45, 2.75) is 40.2 Å². The van der Waals surface area contributed by atoms with E-state index in [2.05, 4.69) is 4.74 Å². The van der Waals surface area contributed by atoms with Crippen molar-refractivity contribution in [1.29, 1.82) is 0 Å². The highest BCUT2D eigenvalue weighted by atomic mass is 16.5. The standard InChI is InChI=1S/C10H20O3/c1-7(8(11)13-6)10(5,12)9(2,3)4/h7,12H,1-6H3/t7-,10+/m1/s1. The van der Waals surface area contributed by atoms with Crippen LogP contribution in [-0.4, -0.2) is 23.8 Å². The first-order chi connectivity index (χ1) is 5.64. The molecule has 0 bridgehead atoms. The van der Waals surface area contributed by atoms with Crippen LogP contribution in [0.3, 0.4) is 0 Å². The molecule has 0 radical (unpaired) electrons. The molecule has 0 aromatic heterocycles. The molecular weight excluding hydrogens is 168 g/mol. The van der Waals surface area contributed by atoms with Crippen LogP contribution in [0.5, 0.6) is 0 Å². The zero-order valence-electron chi connectivity index (χ0n) is 9.34. The van der Waals surface area contributed by atoms with Gasteiger partial charge in [-0.3, -0.25) is 4.79 Å². The van der Waals surface area contributed by atoms with Crippen molar-refractivity contribution in [3.05, 3.63) is 0 Å². The van der Waals surface area contributed by atoms with Gasteiger partial charge >= 0.3 is 5.97 Å². The number of aliphatic hydroxyl groups is 1. The van der Waals surface area contributed by atoms with Crippen LogP contribution in [0.4, 0.5) is 0 Å². The minimum atomic E-state index is -1.06. The normalized spacial score (nSPS) is 19.0. The Hall–Kier alpha value is -0.570. The molecule has 0 aliphatic heterocycles. The predicted molar refractivity (Wildman–Crippen MR) is 51.3 cm³/mol. The molecule has 0 saturated carbocycles. The highest BCUT2D eigenvalue weighted by Crippen LogP contribution is 2.36. The Morgan fingerprint density at radius 1 is 1.31 bits per heavy atom. The second kappa shape index (κ2) is 3.66. The van der Waals surface area contributed by atoms with Gasteiger partial charge in [0.15, 0.2) is 0 Å². The monoisotopic (exact) mass is 188 g/mol. The number of methoxy groups -OCH3 is 1. The quantitative estimate of drug-likeness (QED) is 0.669. The van der Waals surface area contributed by atoms with Crippen molar-refractivity contribution in [1.82, 2.24) is 0 Å². The summed E-state index contributed by atoms with van der Waals surface area (Å²) < 4.78 is 4.59. The van der Waals surface area contributed by atoms with E-state index in [1.54, 1.807) is 13.8 Å². The molecule has 0 rings (SSSR count). The van der Waals surface area contributed by atoms with Crippen LogP contribution in [0.15, 0.2) is 0 Å². The number of ether oxygens (including phenoxy) is 1. The minimum absolute atomic E-state index is 0.347. The molecule has 0 aromatic carbocycles. The summed E-state index contributed by atoms with van der Waals surface area (Å²) >= 11 is 0. The maximum absolute atomic E-state index is 11.2. The first kappa shape index (κ1) is 12.4. The summed E-state index contributed by atoms with van der Waals surface area (Å²) in [5, 5.41) is 10.1. The van der Waals surface area contributed by atoms with Gasteiger partial charge < -0.3 is 9.84 Å². The Bertz CT molecular complexity index is 189. The number of carbonyl (C=O) groups is 1. The molecule has 0 aliphatic carbocycles. The van der Waals surface area contributed by atoms with Gasteiger partial charge in [0.1, 0.15) is 0 Å². The summed E-state index contributed by atoms with van der Waals surface area (Å²) in [6, 6.07) is 0. The van der Waals surface area contributed by atoms with Crippen LogP contribution in [0.1, 0.15) is 34.6 Å². The molecular formula is C10H20O3. The SMILES string of the molecule is COC(=O)[C@@H](C)[C@](C)(O)C(C)(C)C. The van der Waals surface area contributed by atoms with Crippen LogP contribution in [-0.2, 0) is 9.53 Å². The van der Waals surface area contributed by atoms with E-state index in [0.29, 0.717) is 0 Å². The summed E-state index contributed by atoms with van der Waals surface area (Å²) in [4.78, 5) is 11.2. The number of hydrogen-bond acceptors (Lipinski definition) is 3. The Balaban J connectivity index is 4.74. The van der Waals surface area contributed by atoms with E-state index in [-0.39, 0.29) is 11.4 Å². The lowest BCUT2D eigenvalue weighted by atomic mass is 9.71. The average Bonchev–Trinajstić information content (AvgIpc) is 1.99. The van der Waals surface area contributed by atoms with Gasteiger partial charge in [0.05, 0.1) is 18.6 Å². The maximum Gasteiger partial charge on any atom is 0.311 e. The van der Waals surface area contributed by atoms with E-state index < -0.39 is 11.5 Å². The zero-order valence-corrected chi connectivity index (χ0v) is 9.34. The van der Waals surface area contributed by atoms with Crippen molar-refractivity contribution in [3.8, 4) is 0 Å². The van der Waals surface area contributed by atoms with Crippen LogP contribution in [0, 0.1) is 11.3 Å². The molecule has 0 spiro atoms. The molecule has 3 nitrogen and oxygen atoms in total. The van der Waals surface area contributed by atoms with E-state index in [9.17, 15) is 9.90 Å². The van der Waals surface area contributed by atoms with Gasteiger partial charge in [0, 0.05) is 0 Å². The van der Waals surface area contributed by atoms with Crippen molar-refractivity contribution in [2.24, 2.45) is 11.3 Å². The smallest absolute Gasteiger partial charge is 0.311 e. The third-order valence-electron chi connectivity index (χ3n) is 2.92. The van der Waals surface area contributed by atoms with Crippen LogP contribution in [0.25, 0.3) is 0 Å².